The van der Waals surface area contributed by atoms with Crippen LogP contribution in [0.4, 0.5) is 0 Å². The number of rotatable bonds is 6. The van der Waals surface area contributed by atoms with Crippen LogP contribution in [0, 0.1) is 0 Å². The van der Waals surface area contributed by atoms with Gasteiger partial charge in [0.05, 0.1) is 6.04 Å². The van der Waals surface area contributed by atoms with E-state index < -0.39 is 0 Å². The van der Waals surface area contributed by atoms with Crippen molar-refractivity contribution in [3.8, 4) is 0 Å². The Bertz CT molecular complexity index is 285. The van der Waals surface area contributed by atoms with Crippen molar-refractivity contribution in [2.45, 2.75) is 52.5 Å². The highest BCUT2D eigenvalue weighted by Crippen LogP contribution is 2.26. The second-order valence-corrected chi connectivity index (χ2v) is 4.85. The largest absolute Gasteiger partial charge is 0.308 e. The van der Waals surface area contributed by atoms with Crippen LogP contribution in [0.2, 0.25) is 0 Å². The number of nitrogens with one attached hydrogen (secondary N) is 1. The Morgan fingerprint density at radius 1 is 1.13 bits per heavy atom. The quantitative estimate of drug-likeness (QED) is 0.811. The summed E-state index contributed by atoms with van der Waals surface area (Å²) in [6, 6.07) is 0.380. The van der Waals surface area contributed by atoms with E-state index in [1.807, 2.05) is 0 Å². The van der Waals surface area contributed by atoms with Crippen molar-refractivity contribution in [2.75, 3.05) is 6.54 Å². The summed E-state index contributed by atoms with van der Waals surface area (Å²) >= 11 is 1.75. The van der Waals surface area contributed by atoms with Gasteiger partial charge >= 0.3 is 0 Å². The minimum absolute atomic E-state index is 0.380. The fourth-order valence-corrected chi connectivity index (χ4v) is 2.55. The Hall–Kier alpha value is -0.480. The SMILES string of the molecule is CCNC(CC)c1nnc(C(C)CC)s1. The first kappa shape index (κ1) is 12.6. The van der Waals surface area contributed by atoms with Crippen molar-refractivity contribution in [3.63, 3.8) is 0 Å². The Balaban J connectivity index is 2.72. The Kier molecular flexibility index (Phi) is 5.19. The lowest BCUT2D eigenvalue weighted by atomic mass is 10.1. The van der Waals surface area contributed by atoms with Gasteiger partial charge in [0.2, 0.25) is 0 Å². The number of hydrogen-bond acceptors (Lipinski definition) is 4. The van der Waals surface area contributed by atoms with E-state index in [-0.39, 0.29) is 0 Å². The first-order valence-corrected chi connectivity index (χ1v) is 6.61. The molecule has 1 heterocycles. The van der Waals surface area contributed by atoms with Gasteiger partial charge in [-0.1, -0.05) is 39.0 Å². The molecule has 0 aromatic carbocycles. The van der Waals surface area contributed by atoms with Gasteiger partial charge in [0.25, 0.3) is 0 Å². The van der Waals surface area contributed by atoms with E-state index in [0.29, 0.717) is 12.0 Å². The van der Waals surface area contributed by atoms with Crippen molar-refractivity contribution in [1.82, 2.24) is 15.5 Å². The molecule has 0 saturated heterocycles. The molecule has 1 rings (SSSR count). The highest BCUT2D eigenvalue weighted by atomic mass is 32.1. The molecular weight excluding hydrogens is 206 g/mol. The summed E-state index contributed by atoms with van der Waals surface area (Å²) in [7, 11) is 0. The third-order valence-electron chi connectivity index (χ3n) is 2.65. The average Bonchev–Trinajstić information content (AvgIpc) is 2.73. The maximum absolute atomic E-state index is 4.28. The van der Waals surface area contributed by atoms with Gasteiger partial charge in [-0.25, -0.2) is 0 Å². The van der Waals surface area contributed by atoms with E-state index in [1.54, 1.807) is 11.3 Å². The molecule has 2 unspecified atom stereocenters. The zero-order chi connectivity index (χ0) is 11.3. The molecule has 0 saturated carbocycles. The summed E-state index contributed by atoms with van der Waals surface area (Å²) in [6.45, 7) is 9.68. The fourth-order valence-electron chi connectivity index (χ4n) is 1.41. The maximum atomic E-state index is 4.28. The third-order valence-corrected chi connectivity index (χ3v) is 3.92. The summed E-state index contributed by atoms with van der Waals surface area (Å²) in [5.41, 5.74) is 0. The molecule has 0 radical (unpaired) electrons. The van der Waals surface area contributed by atoms with Crippen LogP contribution in [-0.2, 0) is 0 Å². The molecule has 86 valence electrons. The van der Waals surface area contributed by atoms with E-state index in [2.05, 4.69) is 43.2 Å². The van der Waals surface area contributed by atoms with Gasteiger partial charge in [-0.2, -0.15) is 0 Å². The van der Waals surface area contributed by atoms with Crippen LogP contribution >= 0.6 is 11.3 Å². The Morgan fingerprint density at radius 2 is 1.80 bits per heavy atom. The molecule has 0 aliphatic heterocycles. The molecule has 2 atom stereocenters. The first-order chi connectivity index (χ1) is 7.22. The van der Waals surface area contributed by atoms with E-state index >= 15 is 0 Å². The number of hydrogen-bond donors (Lipinski definition) is 1. The van der Waals surface area contributed by atoms with Crippen LogP contribution in [0.25, 0.3) is 0 Å². The predicted octanol–water partition coefficient (Wildman–Crippen LogP) is 3.11. The topological polar surface area (TPSA) is 37.8 Å². The van der Waals surface area contributed by atoms with Gasteiger partial charge in [-0.3, -0.25) is 0 Å². The molecule has 0 bridgehead atoms. The van der Waals surface area contributed by atoms with Gasteiger partial charge in [-0.15, -0.1) is 10.2 Å². The van der Waals surface area contributed by atoms with Crippen LogP contribution in [0.5, 0.6) is 0 Å². The lowest BCUT2D eigenvalue weighted by molar-refractivity contribution is 0.530. The summed E-state index contributed by atoms with van der Waals surface area (Å²) in [5.74, 6) is 0.537. The Labute approximate surface area is 96.3 Å². The number of aromatic nitrogens is 2. The van der Waals surface area contributed by atoms with E-state index in [0.717, 1.165) is 24.4 Å². The molecule has 0 aliphatic carbocycles. The Morgan fingerprint density at radius 3 is 2.33 bits per heavy atom. The van der Waals surface area contributed by atoms with Gasteiger partial charge in [0.15, 0.2) is 0 Å². The van der Waals surface area contributed by atoms with Crippen LogP contribution in [-0.4, -0.2) is 16.7 Å². The third kappa shape index (κ3) is 3.24. The summed E-state index contributed by atoms with van der Waals surface area (Å²) in [4.78, 5) is 0. The van der Waals surface area contributed by atoms with Crippen LogP contribution in [0.3, 0.4) is 0 Å². The molecule has 1 aromatic rings. The van der Waals surface area contributed by atoms with Crippen molar-refractivity contribution >= 4 is 11.3 Å². The zero-order valence-electron chi connectivity index (χ0n) is 10.1. The monoisotopic (exact) mass is 227 g/mol. The molecule has 1 aromatic heterocycles. The van der Waals surface area contributed by atoms with Crippen molar-refractivity contribution in [2.24, 2.45) is 0 Å². The van der Waals surface area contributed by atoms with E-state index in [9.17, 15) is 0 Å². The van der Waals surface area contributed by atoms with Gasteiger partial charge < -0.3 is 5.32 Å². The predicted molar refractivity (Wildman–Crippen MR) is 65.3 cm³/mol. The van der Waals surface area contributed by atoms with Crippen LogP contribution in [0.15, 0.2) is 0 Å². The lowest BCUT2D eigenvalue weighted by Gasteiger charge is -2.11. The zero-order valence-corrected chi connectivity index (χ0v) is 10.9. The fraction of sp³-hybridized carbons (Fsp3) is 0.818. The second-order valence-electron chi connectivity index (χ2n) is 3.81. The summed E-state index contributed by atoms with van der Waals surface area (Å²) < 4.78 is 0. The van der Waals surface area contributed by atoms with Crippen molar-refractivity contribution in [3.05, 3.63) is 10.0 Å². The van der Waals surface area contributed by atoms with E-state index in [4.69, 9.17) is 0 Å². The molecule has 3 nitrogen and oxygen atoms in total. The molecule has 0 amide bonds. The molecular formula is C11H21N3S. The standard InChI is InChI=1S/C11H21N3S/c1-5-8(4)10-13-14-11(15-10)9(6-2)12-7-3/h8-9,12H,5-7H2,1-4H3. The van der Waals surface area contributed by atoms with Gasteiger partial charge in [0.1, 0.15) is 10.0 Å². The van der Waals surface area contributed by atoms with Crippen molar-refractivity contribution in [1.29, 1.82) is 0 Å². The van der Waals surface area contributed by atoms with E-state index in [1.165, 1.54) is 5.01 Å². The van der Waals surface area contributed by atoms with Gasteiger partial charge in [0, 0.05) is 5.92 Å². The lowest BCUT2D eigenvalue weighted by Crippen LogP contribution is -2.19. The maximum Gasteiger partial charge on any atom is 0.134 e. The minimum atomic E-state index is 0.380. The molecule has 15 heavy (non-hydrogen) atoms. The average molecular weight is 227 g/mol. The second kappa shape index (κ2) is 6.18. The summed E-state index contributed by atoms with van der Waals surface area (Å²) in [5, 5.41) is 14.3. The van der Waals surface area contributed by atoms with Crippen LogP contribution in [0.1, 0.15) is 62.5 Å². The minimum Gasteiger partial charge on any atom is -0.308 e. The molecule has 0 spiro atoms. The summed E-state index contributed by atoms with van der Waals surface area (Å²) in [6.07, 6.45) is 2.20. The highest BCUT2D eigenvalue weighted by Gasteiger charge is 2.16. The first-order valence-electron chi connectivity index (χ1n) is 5.79. The molecule has 4 heteroatoms. The smallest absolute Gasteiger partial charge is 0.134 e. The molecule has 1 N–H and O–H groups in total. The number of nitrogens with zero attached hydrogens (tertiary/aromatic N) is 2. The molecule has 0 fully saturated rings. The normalized spacial score (nSPS) is 15.2. The highest BCUT2D eigenvalue weighted by molar-refractivity contribution is 7.11. The molecule has 0 aliphatic rings. The van der Waals surface area contributed by atoms with Gasteiger partial charge in [-0.05, 0) is 19.4 Å². The van der Waals surface area contributed by atoms with Crippen LogP contribution < -0.4 is 5.32 Å². The van der Waals surface area contributed by atoms with Crippen molar-refractivity contribution < 1.29 is 0 Å².